The highest BCUT2D eigenvalue weighted by molar-refractivity contribution is 5.83. The summed E-state index contributed by atoms with van der Waals surface area (Å²) in [4.78, 5) is 12.4. The molecule has 4 heteroatoms. The fourth-order valence-corrected chi connectivity index (χ4v) is 2.91. The molecular formula is C16H23NO3. The summed E-state index contributed by atoms with van der Waals surface area (Å²) >= 11 is 0. The Balaban J connectivity index is 2.35. The number of hydrogen-bond acceptors (Lipinski definition) is 4. The third-order valence-corrected chi connectivity index (χ3v) is 4.19. The van der Waals surface area contributed by atoms with E-state index in [9.17, 15) is 4.79 Å². The summed E-state index contributed by atoms with van der Waals surface area (Å²) in [6, 6.07) is 7.98. The third kappa shape index (κ3) is 2.86. The lowest BCUT2D eigenvalue weighted by molar-refractivity contribution is -0.148. The zero-order valence-corrected chi connectivity index (χ0v) is 12.2. The van der Waals surface area contributed by atoms with Crippen LogP contribution in [-0.2, 0) is 19.7 Å². The van der Waals surface area contributed by atoms with Gasteiger partial charge in [0.25, 0.3) is 0 Å². The van der Waals surface area contributed by atoms with E-state index < -0.39 is 5.41 Å². The van der Waals surface area contributed by atoms with E-state index >= 15 is 0 Å². The van der Waals surface area contributed by atoms with Crippen LogP contribution in [0.25, 0.3) is 0 Å². The Morgan fingerprint density at radius 3 is 2.65 bits per heavy atom. The Labute approximate surface area is 120 Å². The molecule has 0 bridgehead atoms. The molecule has 1 fully saturated rings. The van der Waals surface area contributed by atoms with Crippen LogP contribution in [0.15, 0.2) is 24.3 Å². The molecule has 2 rings (SSSR count). The number of carbonyl (C=O) groups is 1. The van der Waals surface area contributed by atoms with Gasteiger partial charge in [0.05, 0.1) is 7.11 Å². The minimum atomic E-state index is -0.763. The number of benzene rings is 1. The maximum absolute atomic E-state index is 12.4. The van der Waals surface area contributed by atoms with Crippen molar-refractivity contribution in [3.8, 4) is 0 Å². The van der Waals surface area contributed by atoms with Gasteiger partial charge in [0.2, 0.25) is 0 Å². The Bertz CT molecular complexity index is 451. The lowest BCUT2D eigenvalue weighted by Crippen LogP contribution is -2.45. The Morgan fingerprint density at radius 2 is 2.15 bits per heavy atom. The van der Waals surface area contributed by atoms with Crippen molar-refractivity contribution in [3.05, 3.63) is 35.4 Å². The number of aryl methyl sites for hydroxylation is 1. The molecule has 1 heterocycles. The van der Waals surface area contributed by atoms with Crippen LogP contribution >= 0.6 is 0 Å². The van der Waals surface area contributed by atoms with E-state index in [-0.39, 0.29) is 12.5 Å². The lowest BCUT2D eigenvalue weighted by Gasteiger charge is -2.32. The third-order valence-electron chi connectivity index (χ3n) is 4.19. The van der Waals surface area contributed by atoms with E-state index in [1.165, 1.54) is 7.11 Å². The quantitative estimate of drug-likeness (QED) is 0.834. The highest BCUT2D eigenvalue weighted by Crippen LogP contribution is 2.35. The van der Waals surface area contributed by atoms with Crippen LogP contribution in [0.3, 0.4) is 0 Å². The topological polar surface area (TPSA) is 61.5 Å². The van der Waals surface area contributed by atoms with Gasteiger partial charge in [-0.2, -0.15) is 0 Å². The smallest absolute Gasteiger partial charge is 0.317 e. The maximum Gasteiger partial charge on any atom is 0.317 e. The van der Waals surface area contributed by atoms with Gasteiger partial charge in [-0.05, 0) is 31.2 Å². The molecule has 2 N–H and O–H groups in total. The molecule has 2 atom stereocenters. The zero-order chi connectivity index (χ0) is 14.6. The average molecular weight is 277 g/mol. The molecule has 0 aromatic heterocycles. The van der Waals surface area contributed by atoms with Crippen LogP contribution < -0.4 is 5.73 Å². The summed E-state index contributed by atoms with van der Waals surface area (Å²) in [6.07, 6.45) is 1.66. The molecular weight excluding hydrogens is 254 g/mol. The summed E-state index contributed by atoms with van der Waals surface area (Å²) < 4.78 is 10.5. The largest absolute Gasteiger partial charge is 0.468 e. The van der Waals surface area contributed by atoms with Gasteiger partial charge >= 0.3 is 5.97 Å². The Morgan fingerprint density at radius 1 is 1.45 bits per heavy atom. The first kappa shape index (κ1) is 15.0. The maximum atomic E-state index is 12.4. The van der Waals surface area contributed by atoms with Gasteiger partial charge in [-0.15, -0.1) is 0 Å². The van der Waals surface area contributed by atoms with E-state index in [1.807, 2.05) is 31.2 Å². The van der Waals surface area contributed by atoms with E-state index in [2.05, 4.69) is 0 Å². The zero-order valence-electron chi connectivity index (χ0n) is 12.2. The molecule has 1 aromatic carbocycles. The number of methoxy groups -OCH3 is 1. The molecule has 0 aliphatic carbocycles. The molecule has 1 saturated heterocycles. The molecule has 20 heavy (non-hydrogen) atoms. The van der Waals surface area contributed by atoms with Gasteiger partial charge in [-0.3, -0.25) is 4.79 Å². The Hall–Kier alpha value is -1.39. The predicted molar refractivity (Wildman–Crippen MR) is 77.5 cm³/mol. The number of ether oxygens (including phenoxy) is 2. The lowest BCUT2D eigenvalue weighted by atomic mass is 9.73. The highest BCUT2D eigenvalue weighted by atomic mass is 16.5. The minimum Gasteiger partial charge on any atom is -0.468 e. The highest BCUT2D eigenvalue weighted by Gasteiger charge is 2.42. The molecule has 0 spiro atoms. The second kappa shape index (κ2) is 6.37. The van der Waals surface area contributed by atoms with Crippen LogP contribution in [-0.4, -0.2) is 32.8 Å². The fourth-order valence-electron chi connectivity index (χ4n) is 2.91. The normalized spacial score (nSPS) is 21.4. The molecule has 0 radical (unpaired) electrons. The number of esters is 1. The SMILES string of the molecule is COC(=O)C(CN)(CC1CCOC1)c1ccc(C)cc1. The van der Waals surface area contributed by atoms with Crippen molar-refractivity contribution in [1.29, 1.82) is 0 Å². The number of nitrogens with two attached hydrogens (primary N) is 1. The fraction of sp³-hybridized carbons (Fsp3) is 0.562. The van der Waals surface area contributed by atoms with Crippen molar-refractivity contribution in [2.75, 3.05) is 26.9 Å². The van der Waals surface area contributed by atoms with Crippen molar-refractivity contribution < 1.29 is 14.3 Å². The first-order valence-electron chi connectivity index (χ1n) is 7.06. The van der Waals surface area contributed by atoms with E-state index in [4.69, 9.17) is 15.2 Å². The number of rotatable bonds is 5. The molecule has 1 aliphatic rings. The molecule has 4 nitrogen and oxygen atoms in total. The molecule has 2 unspecified atom stereocenters. The average Bonchev–Trinajstić information content (AvgIpc) is 2.98. The number of carbonyl (C=O) groups excluding carboxylic acids is 1. The second-order valence-electron chi connectivity index (χ2n) is 5.58. The van der Waals surface area contributed by atoms with Crippen molar-refractivity contribution in [2.45, 2.75) is 25.2 Å². The second-order valence-corrected chi connectivity index (χ2v) is 5.58. The van der Waals surface area contributed by atoms with Gasteiger partial charge in [0, 0.05) is 19.8 Å². The van der Waals surface area contributed by atoms with Crippen LogP contribution in [0.1, 0.15) is 24.0 Å². The van der Waals surface area contributed by atoms with E-state index in [0.717, 1.165) is 24.2 Å². The molecule has 0 amide bonds. The number of hydrogen-bond donors (Lipinski definition) is 1. The van der Waals surface area contributed by atoms with E-state index in [1.54, 1.807) is 0 Å². The van der Waals surface area contributed by atoms with Gasteiger partial charge in [0.15, 0.2) is 0 Å². The van der Waals surface area contributed by atoms with Crippen LogP contribution in [0.5, 0.6) is 0 Å². The first-order valence-corrected chi connectivity index (χ1v) is 7.06. The summed E-state index contributed by atoms with van der Waals surface area (Å²) in [6.45, 7) is 3.74. The summed E-state index contributed by atoms with van der Waals surface area (Å²) in [5.41, 5.74) is 7.32. The standard InChI is InChI=1S/C16H23NO3/c1-12-3-5-14(6-4-12)16(11-17,15(18)19-2)9-13-7-8-20-10-13/h3-6,13H,7-11,17H2,1-2H3. The van der Waals surface area contributed by atoms with Crippen molar-refractivity contribution in [2.24, 2.45) is 11.7 Å². The minimum absolute atomic E-state index is 0.249. The Kier molecular flexibility index (Phi) is 4.78. The first-order chi connectivity index (χ1) is 9.62. The summed E-state index contributed by atoms with van der Waals surface area (Å²) in [7, 11) is 1.42. The van der Waals surface area contributed by atoms with Gasteiger partial charge in [-0.25, -0.2) is 0 Å². The molecule has 110 valence electrons. The predicted octanol–water partition coefficient (Wildman–Crippen LogP) is 1.79. The molecule has 1 aromatic rings. The van der Waals surface area contributed by atoms with Gasteiger partial charge in [-0.1, -0.05) is 29.8 Å². The van der Waals surface area contributed by atoms with Crippen LogP contribution in [0.4, 0.5) is 0 Å². The summed E-state index contributed by atoms with van der Waals surface area (Å²) in [5.74, 6) is 0.106. The molecule has 0 saturated carbocycles. The monoisotopic (exact) mass is 277 g/mol. The summed E-state index contributed by atoms with van der Waals surface area (Å²) in [5, 5.41) is 0. The van der Waals surface area contributed by atoms with E-state index in [0.29, 0.717) is 18.9 Å². The molecule has 1 aliphatic heterocycles. The van der Waals surface area contributed by atoms with Crippen LogP contribution in [0, 0.1) is 12.8 Å². The van der Waals surface area contributed by atoms with Crippen molar-refractivity contribution in [1.82, 2.24) is 0 Å². The van der Waals surface area contributed by atoms with Crippen molar-refractivity contribution in [3.63, 3.8) is 0 Å². The van der Waals surface area contributed by atoms with Crippen LogP contribution in [0.2, 0.25) is 0 Å². The van der Waals surface area contributed by atoms with Gasteiger partial charge < -0.3 is 15.2 Å². The van der Waals surface area contributed by atoms with Gasteiger partial charge in [0.1, 0.15) is 5.41 Å². The van der Waals surface area contributed by atoms with Crippen molar-refractivity contribution >= 4 is 5.97 Å².